The van der Waals surface area contributed by atoms with Crippen LogP contribution in [0.5, 0.6) is 17.2 Å². The normalized spacial score (nSPS) is 10.2. The van der Waals surface area contributed by atoms with E-state index in [1.807, 2.05) is 0 Å². The summed E-state index contributed by atoms with van der Waals surface area (Å²) in [6.45, 7) is 0. The number of aromatic nitrogens is 2. The van der Waals surface area contributed by atoms with Crippen LogP contribution < -0.4 is 30.8 Å². The Morgan fingerprint density at radius 1 is 1.12 bits per heavy atom. The van der Waals surface area contributed by atoms with Gasteiger partial charge in [0.1, 0.15) is 17.4 Å². The molecule has 0 unspecified atom stereocenters. The largest absolute Gasteiger partial charge is 0.493 e. The number of thiocarbonyl (C=S) groups is 1. The zero-order chi connectivity index (χ0) is 24.7. The quantitative estimate of drug-likeness (QED) is 0.172. The van der Waals surface area contributed by atoms with E-state index < -0.39 is 0 Å². The summed E-state index contributed by atoms with van der Waals surface area (Å²) in [5.41, 5.74) is 12.7. The lowest BCUT2D eigenvalue weighted by molar-refractivity contribution is 0.324. The van der Waals surface area contributed by atoms with Crippen LogP contribution in [0.4, 0.5) is 10.2 Å². The van der Waals surface area contributed by atoms with Crippen molar-refractivity contribution in [1.29, 1.82) is 5.26 Å². The van der Waals surface area contributed by atoms with Gasteiger partial charge in [-0.25, -0.2) is 14.4 Å². The Labute approximate surface area is 205 Å². The molecule has 2 aromatic carbocycles. The first kappa shape index (κ1) is 24.8. The van der Waals surface area contributed by atoms with Crippen LogP contribution in [0.2, 0.25) is 0 Å². The molecule has 0 spiro atoms. The first-order valence-electron chi connectivity index (χ1n) is 9.71. The molecule has 0 fully saturated rings. The number of methoxy groups -OCH3 is 3. The van der Waals surface area contributed by atoms with Gasteiger partial charge < -0.3 is 19.9 Å². The average Bonchev–Trinajstić information content (AvgIpc) is 2.85. The molecule has 0 saturated heterocycles. The number of rotatable bonds is 9. The van der Waals surface area contributed by atoms with Crippen LogP contribution in [-0.4, -0.2) is 36.4 Å². The van der Waals surface area contributed by atoms with Gasteiger partial charge in [-0.2, -0.15) is 5.26 Å². The molecule has 0 amide bonds. The molecule has 4 N–H and O–H groups in total. The monoisotopic (exact) mass is 500 g/mol. The molecule has 0 bridgehead atoms. The molecule has 9 nitrogen and oxygen atoms in total. The lowest BCUT2D eigenvalue weighted by atomic mass is 10.1. The van der Waals surface area contributed by atoms with Gasteiger partial charge in [-0.05, 0) is 42.0 Å². The van der Waals surface area contributed by atoms with Crippen molar-refractivity contribution in [2.24, 2.45) is 5.73 Å². The van der Waals surface area contributed by atoms with Gasteiger partial charge in [0.05, 0.1) is 27.0 Å². The van der Waals surface area contributed by atoms with Crippen molar-refractivity contribution >= 4 is 34.9 Å². The number of benzene rings is 2. The second-order valence-corrected chi connectivity index (χ2v) is 8.02. The number of hydrazine groups is 1. The first-order chi connectivity index (χ1) is 16.4. The predicted molar refractivity (Wildman–Crippen MR) is 131 cm³/mol. The van der Waals surface area contributed by atoms with Gasteiger partial charge in [0, 0.05) is 11.3 Å². The number of anilines is 1. The number of nitrogens with zero attached hydrogens (tertiary/aromatic N) is 3. The van der Waals surface area contributed by atoms with Gasteiger partial charge in [-0.1, -0.05) is 23.9 Å². The van der Waals surface area contributed by atoms with Crippen LogP contribution in [0.25, 0.3) is 11.3 Å². The maximum absolute atomic E-state index is 13.2. The molecule has 34 heavy (non-hydrogen) atoms. The fourth-order valence-corrected chi connectivity index (χ4v) is 3.83. The lowest BCUT2D eigenvalue weighted by Gasteiger charge is -2.16. The van der Waals surface area contributed by atoms with Crippen LogP contribution in [0, 0.1) is 17.1 Å². The highest BCUT2D eigenvalue weighted by atomic mass is 32.2. The van der Waals surface area contributed by atoms with E-state index in [2.05, 4.69) is 26.9 Å². The minimum atomic E-state index is -0.316. The van der Waals surface area contributed by atoms with Crippen LogP contribution in [0.3, 0.4) is 0 Å². The number of halogens is 1. The van der Waals surface area contributed by atoms with E-state index >= 15 is 0 Å². The molecule has 12 heteroatoms. The Kier molecular flexibility index (Phi) is 8.29. The summed E-state index contributed by atoms with van der Waals surface area (Å²) < 4.78 is 29.5. The van der Waals surface area contributed by atoms with Crippen LogP contribution in [0.15, 0.2) is 41.6 Å². The van der Waals surface area contributed by atoms with E-state index in [4.69, 9.17) is 32.2 Å². The molecule has 176 valence electrons. The Morgan fingerprint density at radius 2 is 1.76 bits per heavy atom. The number of nitriles is 1. The number of hydrogen-bond donors (Lipinski definition) is 3. The smallest absolute Gasteiger partial charge is 0.203 e. The summed E-state index contributed by atoms with van der Waals surface area (Å²) in [5, 5.41) is 10.2. The minimum absolute atomic E-state index is 0.0302. The lowest BCUT2D eigenvalue weighted by Crippen LogP contribution is -2.34. The van der Waals surface area contributed by atoms with E-state index in [9.17, 15) is 9.65 Å². The van der Waals surface area contributed by atoms with Crippen molar-refractivity contribution in [2.45, 2.75) is 10.9 Å². The van der Waals surface area contributed by atoms with E-state index in [1.165, 1.54) is 45.2 Å². The average molecular weight is 501 g/mol. The fraction of sp³-hybridized carbons (Fsp3) is 0.182. The number of nitrogens with two attached hydrogens (primary N) is 1. The second-order valence-electron chi connectivity index (χ2n) is 6.63. The molecule has 1 heterocycles. The SMILES string of the molecule is COc1cc(-c2nc(SCc3ccc(F)cc3)nc(NNC(N)=S)c2C#N)cc(OC)c1OC. The Balaban J connectivity index is 2.11. The van der Waals surface area contributed by atoms with Crippen LogP contribution in [-0.2, 0) is 5.75 Å². The van der Waals surface area contributed by atoms with Crippen LogP contribution in [0.1, 0.15) is 11.1 Å². The molecule has 0 saturated carbocycles. The molecule has 0 aliphatic rings. The Hall–Kier alpha value is -3.82. The van der Waals surface area contributed by atoms with Crippen molar-refractivity contribution in [1.82, 2.24) is 15.4 Å². The summed E-state index contributed by atoms with van der Waals surface area (Å²) in [5.74, 6) is 1.54. The first-order valence-corrected chi connectivity index (χ1v) is 11.1. The predicted octanol–water partition coefficient (Wildman–Crippen LogP) is 3.63. The van der Waals surface area contributed by atoms with Crippen molar-refractivity contribution < 1.29 is 18.6 Å². The molecule has 0 aliphatic heterocycles. The van der Waals surface area contributed by atoms with E-state index in [1.54, 1.807) is 24.3 Å². The van der Waals surface area contributed by atoms with Crippen LogP contribution >= 0.6 is 24.0 Å². The fourth-order valence-electron chi connectivity index (χ4n) is 2.98. The van der Waals surface area contributed by atoms with Crippen molar-refractivity contribution in [3.63, 3.8) is 0 Å². The van der Waals surface area contributed by atoms with Crippen molar-refractivity contribution in [3.8, 4) is 34.6 Å². The van der Waals surface area contributed by atoms with Gasteiger partial charge in [0.25, 0.3) is 0 Å². The number of thioether (sulfide) groups is 1. The van der Waals surface area contributed by atoms with Gasteiger partial charge in [0.2, 0.25) is 5.75 Å². The summed E-state index contributed by atoms with van der Waals surface area (Å²) in [4.78, 5) is 9.04. The van der Waals surface area contributed by atoms with Gasteiger partial charge in [0.15, 0.2) is 27.6 Å². The third kappa shape index (κ3) is 5.75. The van der Waals surface area contributed by atoms with Gasteiger partial charge >= 0.3 is 0 Å². The summed E-state index contributed by atoms with van der Waals surface area (Å²) in [6.07, 6.45) is 0. The highest BCUT2D eigenvalue weighted by molar-refractivity contribution is 7.98. The third-order valence-corrected chi connectivity index (χ3v) is 5.54. The van der Waals surface area contributed by atoms with Gasteiger partial charge in [-0.15, -0.1) is 0 Å². The molecule has 3 aromatic rings. The van der Waals surface area contributed by atoms with Crippen molar-refractivity contribution in [2.75, 3.05) is 26.8 Å². The Morgan fingerprint density at radius 3 is 2.29 bits per heavy atom. The molecule has 1 aromatic heterocycles. The molecule has 3 rings (SSSR count). The highest BCUT2D eigenvalue weighted by Crippen LogP contribution is 2.42. The van der Waals surface area contributed by atoms with Gasteiger partial charge in [-0.3, -0.25) is 10.9 Å². The molecule has 0 radical (unpaired) electrons. The topological polar surface area (TPSA) is 127 Å². The molecule has 0 atom stereocenters. The Bertz CT molecular complexity index is 1210. The second kappa shape index (κ2) is 11.4. The molecular formula is C22H21FN6O3S2. The van der Waals surface area contributed by atoms with Crippen molar-refractivity contribution in [3.05, 3.63) is 53.3 Å². The standard InChI is InChI=1S/C22H21FN6O3S2/c1-30-16-8-13(9-17(31-2)19(16)32-3)18-15(10-24)20(28-29-21(25)33)27-22(26-18)34-11-12-4-6-14(23)7-5-12/h4-9H,11H2,1-3H3,(H3,25,29,33)(H,26,27,28). The molecular weight excluding hydrogens is 479 g/mol. The summed E-state index contributed by atoms with van der Waals surface area (Å²) in [6, 6.07) is 11.6. The highest BCUT2D eigenvalue weighted by Gasteiger charge is 2.21. The van der Waals surface area contributed by atoms with E-state index in [-0.39, 0.29) is 22.3 Å². The van der Waals surface area contributed by atoms with E-state index in [0.717, 1.165) is 5.56 Å². The molecule has 0 aliphatic carbocycles. The van der Waals surface area contributed by atoms with E-state index in [0.29, 0.717) is 39.4 Å². The maximum atomic E-state index is 13.2. The summed E-state index contributed by atoms with van der Waals surface area (Å²) in [7, 11) is 4.49. The zero-order valence-corrected chi connectivity index (χ0v) is 20.1. The maximum Gasteiger partial charge on any atom is 0.203 e. The minimum Gasteiger partial charge on any atom is -0.493 e. The zero-order valence-electron chi connectivity index (χ0n) is 18.5. The number of nitrogens with one attached hydrogen (secondary N) is 2. The number of ether oxygens (including phenoxy) is 3. The summed E-state index contributed by atoms with van der Waals surface area (Å²) >= 11 is 6.16. The third-order valence-electron chi connectivity index (χ3n) is 4.52. The number of hydrogen-bond acceptors (Lipinski definition) is 9.